The van der Waals surface area contributed by atoms with Crippen molar-refractivity contribution in [3.05, 3.63) is 36.2 Å². The predicted molar refractivity (Wildman–Crippen MR) is 98.7 cm³/mol. The van der Waals surface area contributed by atoms with Crippen LogP contribution in [0.25, 0.3) is 0 Å². The molecule has 1 aromatic carbocycles. The first-order valence-corrected chi connectivity index (χ1v) is 10.1. The van der Waals surface area contributed by atoms with Crippen LogP contribution in [0.2, 0.25) is 0 Å². The van der Waals surface area contributed by atoms with Crippen LogP contribution < -0.4 is 14.2 Å². The molecule has 0 atom stereocenters. The van der Waals surface area contributed by atoms with Gasteiger partial charge in [0.1, 0.15) is 6.10 Å². The number of rotatable bonds is 6. The molecule has 3 rings (SSSR count). The number of methoxy groups -OCH3 is 2. The number of nitrogens with zero attached hydrogens (tertiary/aromatic N) is 3. The van der Waals surface area contributed by atoms with E-state index >= 15 is 0 Å². The van der Waals surface area contributed by atoms with E-state index in [2.05, 4.69) is 9.97 Å². The Hall–Kier alpha value is -2.39. The van der Waals surface area contributed by atoms with Gasteiger partial charge in [0, 0.05) is 31.5 Å². The Kier molecular flexibility index (Phi) is 5.81. The maximum absolute atomic E-state index is 12.9. The van der Waals surface area contributed by atoms with Crippen LogP contribution in [0.4, 0.5) is 0 Å². The third-order valence-corrected chi connectivity index (χ3v) is 6.32. The molecule has 1 fully saturated rings. The summed E-state index contributed by atoms with van der Waals surface area (Å²) in [6.07, 6.45) is 4.43. The summed E-state index contributed by atoms with van der Waals surface area (Å²) in [4.78, 5) is 8.45. The normalized spacial score (nSPS) is 16.1. The van der Waals surface area contributed by atoms with Crippen molar-refractivity contribution in [3.8, 4) is 17.5 Å². The molecule has 0 saturated carbocycles. The van der Waals surface area contributed by atoms with Crippen molar-refractivity contribution >= 4 is 10.0 Å². The molecule has 0 amide bonds. The summed E-state index contributed by atoms with van der Waals surface area (Å²) in [6, 6.07) is 4.92. The zero-order valence-corrected chi connectivity index (χ0v) is 16.4. The van der Waals surface area contributed by atoms with Crippen LogP contribution in [0.1, 0.15) is 18.4 Å². The van der Waals surface area contributed by atoms with Crippen molar-refractivity contribution in [2.45, 2.75) is 30.8 Å². The molecule has 1 aliphatic heterocycles. The summed E-state index contributed by atoms with van der Waals surface area (Å²) in [5.41, 5.74) is 0.957. The Bertz CT molecular complexity index is 878. The molecule has 0 radical (unpaired) electrons. The van der Waals surface area contributed by atoms with Crippen LogP contribution in [-0.4, -0.2) is 56.1 Å². The summed E-state index contributed by atoms with van der Waals surface area (Å²) in [7, 11) is -0.626. The van der Waals surface area contributed by atoms with Crippen molar-refractivity contribution in [1.82, 2.24) is 14.3 Å². The second kappa shape index (κ2) is 8.10. The highest BCUT2D eigenvalue weighted by atomic mass is 32.2. The largest absolute Gasteiger partial charge is 0.493 e. The van der Waals surface area contributed by atoms with Crippen LogP contribution in [0, 0.1) is 6.92 Å². The first-order chi connectivity index (χ1) is 12.9. The third kappa shape index (κ3) is 4.30. The van der Waals surface area contributed by atoms with Crippen molar-refractivity contribution in [3.63, 3.8) is 0 Å². The molecule has 0 bridgehead atoms. The van der Waals surface area contributed by atoms with E-state index in [4.69, 9.17) is 14.2 Å². The minimum Gasteiger partial charge on any atom is -0.493 e. The number of sulfonamides is 1. The van der Waals surface area contributed by atoms with Gasteiger partial charge in [0.05, 0.1) is 19.1 Å². The fourth-order valence-electron chi connectivity index (χ4n) is 2.91. The van der Waals surface area contributed by atoms with Crippen LogP contribution in [0.5, 0.6) is 17.5 Å². The first-order valence-electron chi connectivity index (χ1n) is 8.61. The van der Waals surface area contributed by atoms with E-state index in [1.807, 2.05) is 6.92 Å². The molecule has 0 aliphatic carbocycles. The smallest absolute Gasteiger partial charge is 0.316 e. The van der Waals surface area contributed by atoms with Crippen LogP contribution in [0.3, 0.4) is 0 Å². The van der Waals surface area contributed by atoms with Crippen molar-refractivity contribution < 1.29 is 22.6 Å². The average molecular weight is 393 g/mol. The lowest BCUT2D eigenvalue weighted by Crippen LogP contribution is -2.41. The second-order valence-corrected chi connectivity index (χ2v) is 8.22. The van der Waals surface area contributed by atoms with Crippen LogP contribution in [-0.2, 0) is 10.0 Å². The third-order valence-electron chi connectivity index (χ3n) is 4.42. The SMILES string of the molecule is COc1ccc(S(=O)(=O)N2CCC(Oc3ncc(C)cn3)CC2)cc1OC. The van der Waals surface area contributed by atoms with Crippen molar-refractivity contribution in [2.24, 2.45) is 0 Å². The molecule has 9 heteroatoms. The van der Waals surface area contributed by atoms with Gasteiger partial charge in [0.25, 0.3) is 0 Å². The zero-order valence-electron chi connectivity index (χ0n) is 15.6. The highest BCUT2D eigenvalue weighted by molar-refractivity contribution is 7.89. The minimum absolute atomic E-state index is 0.107. The first kappa shape index (κ1) is 19.4. The summed E-state index contributed by atoms with van der Waals surface area (Å²) in [5, 5.41) is 0. The molecular weight excluding hydrogens is 370 g/mol. The van der Waals surface area contributed by atoms with Gasteiger partial charge in [0.15, 0.2) is 11.5 Å². The lowest BCUT2D eigenvalue weighted by Gasteiger charge is -2.31. The van der Waals surface area contributed by atoms with E-state index < -0.39 is 10.0 Å². The molecule has 146 valence electrons. The molecule has 2 heterocycles. The fourth-order valence-corrected chi connectivity index (χ4v) is 4.39. The minimum atomic E-state index is -3.61. The number of hydrogen-bond donors (Lipinski definition) is 0. The second-order valence-electron chi connectivity index (χ2n) is 6.28. The van der Waals surface area contributed by atoms with E-state index in [0.717, 1.165) is 5.56 Å². The van der Waals surface area contributed by atoms with Gasteiger partial charge in [0.2, 0.25) is 10.0 Å². The highest BCUT2D eigenvalue weighted by Crippen LogP contribution is 2.31. The van der Waals surface area contributed by atoms with Gasteiger partial charge in [-0.2, -0.15) is 4.31 Å². The van der Waals surface area contributed by atoms with Gasteiger partial charge in [-0.25, -0.2) is 18.4 Å². The molecule has 1 aromatic heterocycles. The molecule has 8 nitrogen and oxygen atoms in total. The van der Waals surface area contributed by atoms with E-state index in [1.165, 1.54) is 30.7 Å². The Morgan fingerprint density at radius 1 is 1.04 bits per heavy atom. The van der Waals surface area contributed by atoms with Gasteiger partial charge in [-0.1, -0.05) is 0 Å². The lowest BCUT2D eigenvalue weighted by molar-refractivity contribution is 0.124. The molecule has 27 heavy (non-hydrogen) atoms. The molecule has 1 saturated heterocycles. The van der Waals surface area contributed by atoms with Crippen molar-refractivity contribution in [2.75, 3.05) is 27.3 Å². The number of piperidine rings is 1. The highest BCUT2D eigenvalue weighted by Gasteiger charge is 2.31. The number of aryl methyl sites for hydroxylation is 1. The van der Waals surface area contributed by atoms with E-state index in [1.54, 1.807) is 18.5 Å². The zero-order chi connectivity index (χ0) is 19.4. The topological polar surface area (TPSA) is 90.9 Å². The molecule has 1 aliphatic rings. The predicted octanol–water partition coefficient (Wildman–Crippen LogP) is 2.03. The Labute approximate surface area is 159 Å². The quantitative estimate of drug-likeness (QED) is 0.742. The Morgan fingerprint density at radius 2 is 1.67 bits per heavy atom. The van der Waals surface area contributed by atoms with Gasteiger partial charge in [-0.3, -0.25) is 0 Å². The van der Waals surface area contributed by atoms with E-state index in [0.29, 0.717) is 43.4 Å². The maximum atomic E-state index is 12.9. The Morgan fingerprint density at radius 3 is 2.26 bits per heavy atom. The van der Waals surface area contributed by atoms with Gasteiger partial charge in [-0.15, -0.1) is 0 Å². The molecule has 0 spiro atoms. The Balaban J connectivity index is 1.66. The summed E-state index contributed by atoms with van der Waals surface area (Å²) in [6.45, 7) is 2.64. The van der Waals surface area contributed by atoms with E-state index in [-0.39, 0.29) is 11.0 Å². The number of aromatic nitrogens is 2. The molecular formula is C18H23N3O5S. The number of benzene rings is 1. The maximum Gasteiger partial charge on any atom is 0.316 e. The number of hydrogen-bond acceptors (Lipinski definition) is 7. The standard InChI is InChI=1S/C18H23N3O5S/c1-13-11-19-18(20-12-13)26-14-6-8-21(9-7-14)27(22,23)15-4-5-16(24-2)17(10-15)25-3/h4-5,10-12,14H,6-9H2,1-3H3. The lowest BCUT2D eigenvalue weighted by atomic mass is 10.1. The number of ether oxygens (including phenoxy) is 3. The molecule has 2 aromatic rings. The molecule has 0 N–H and O–H groups in total. The fraction of sp³-hybridized carbons (Fsp3) is 0.444. The van der Waals surface area contributed by atoms with Gasteiger partial charge >= 0.3 is 6.01 Å². The van der Waals surface area contributed by atoms with E-state index in [9.17, 15) is 8.42 Å². The summed E-state index contributed by atoms with van der Waals surface area (Å²) < 4.78 is 43.4. The van der Waals surface area contributed by atoms with Crippen LogP contribution in [0.15, 0.2) is 35.5 Å². The van der Waals surface area contributed by atoms with Crippen molar-refractivity contribution in [1.29, 1.82) is 0 Å². The average Bonchev–Trinajstić information content (AvgIpc) is 2.69. The van der Waals surface area contributed by atoms with Gasteiger partial charge < -0.3 is 14.2 Å². The monoisotopic (exact) mass is 393 g/mol. The molecule has 0 unspecified atom stereocenters. The van der Waals surface area contributed by atoms with Crippen LogP contribution >= 0.6 is 0 Å². The summed E-state index contributed by atoms with van der Waals surface area (Å²) >= 11 is 0. The van der Waals surface area contributed by atoms with Gasteiger partial charge in [-0.05, 0) is 37.5 Å². The summed E-state index contributed by atoms with van der Waals surface area (Å²) in [5.74, 6) is 0.870.